The van der Waals surface area contributed by atoms with Crippen molar-refractivity contribution in [3.8, 4) is 0 Å². The van der Waals surface area contributed by atoms with Crippen LogP contribution in [0.5, 0.6) is 0 Å². The van der Waals surface area contributed by atoms with E-state index in [4.69, 9.17) is 11.5 Å². The van der Waals surface area contributed by atoms with Crippen LogP contribution in [0.15, 0.2) is 24.3 Å². The fourth-order valence-electron chi connectivity index (χ4n) is 3.35. The molecule has 5 N–H and O–H groups in total. The van der Waals surface area contributed by atoms with E-state index in [0.29, 0.717) is 6.54 Å². The van der Waals surface area contributed by atoms with Gasteiger partial charge in [-0.25, -0.2) is 0 Å². The number of primary amides is 1. The van der Waals surface area contributed by atoms with Crippen molar-refractivity contribution in [1.29, 1.82) is 0 Å². The lowest BCUT2D eigenvalue weighted by molar-refractivity contribution is -0.124. The highest BCUT2D eigenvalue weighted by Crippen LogP contribution is 2.18. The molecule has 1 aliphatic heterocycles. The van der Waals surface area contributed by atoms with Crippen LogP contribution in [0.1, 0.15) is 44.2 Å². The zero-order valence-corrected chi connectivity index (χ0v) is 15.9. The molecule has 1 saturated heterocycles. The van der Waals surface area contributed by atoms with Crippen LogP contribution in [0.25, 0.3) is 0 Å². The number of nitrogens with zero attached hydrogens (tertiary/aromatic N) is 1. The van der Waals surface area contributed by atoms with Crippen LogP contribution < -0.4 is 16.8 Å². The highest BCUT2D eigenvalue weighted by Gasteiger charge is 2.24. The average Bonchev–Trinajstić information content (AvgIpc) is 2.65. The fraction of sp³-hybridized carbons (Fsp3) is 0.600. The minimum atomic E-state index is -0.470. The van der Waals surface area contributed by atoms with Crippen molar-refractivity contribution in [3.63, 3.8) is 0 Å². The van der Waals surface area contributed by atoms with Gasteiger partial charge in [-0.15, -0.1) is 0 Å². The van der Waals surface area contributed by atoms with Crippen molar-refractivity contribution in [2.75, 3.05) is 13.1 Å². The lowest BCUT2D eigenvalue weighted by atomic mass is 9.97. The van der Waals surface area contributed by atoms with Crippen LogP contribution in [0, 0.1) is 11.8 Å². The number of hydrogen-bond acceptors (Lipinski definition) is 4. The van der Waals surface area contributed by atoms with Gasteiger partial charge in [0, 0.05) is 19.6 Å². The number of hydrogen-bond donors (Lipinski definition) is 3. The van der Waals surface area contributed by atoms with Gasteiger partial charge in [-0.2, -0.15) is 0 Å². The van der Waals surface area contributed by atoms with E-state index in [1.54, 1.807) is 0 Å². The molecule has 0 saturated carbocycles. The molecule has 0 radical (unpaired) electrons. The van der Waals surface area contributed by atoms with Gasteiger partial charge in [0.05, 0.1) is 12.0 Å². The lowest BCUT2D eigenvalue weighted by Crippen LogP contribution is -2.44. The zero-order chi connectivity index (χ0) is 19.1. The van der Waals surface area contributed by atoms with Gasteiger partial charge < -0.3 is 16.8 Å². The molecule has 26 heavy (non-hydrogen) atoms. The van der Waals surface area contributed by atoms with Crippen molar-refractivity contribution in [2.24, 2.45) is 23.3 Å². The summed E-state index contributed by atoms with van der Waals surface area (Å²) in [6, 6.07) is 7.71. The average molecular weight is 361 g/mol. The summed E-state index contributed by atoms with van der Waals surface area (Å²) in [7, 11) is 0. The van der Waals surface area contributed by atoms with E-state index in [1.807, 2.05) is 26.0 Å². The van der Waals surface area contributed by atoms with E-state index in [-0.39, 0.29) is 23.7 Å². The molecule has 3 unspecified atom stereocenters. The van der Waals surface area contributed by atoms with Crippen molar-refractivity contribution in [1.82, 2.24) is 10.2 Å². The van der Waals surface area contributed by atoms with E-state index in [1.165, 1.54) is 5.56 Å². The summed E-state index contributed by atoms with van der Waals surface area (Å²) < 4.78 is 0. The number of amides is 2. The summed E-state index contributed by atoms with van der Waals surface area (Å²) in [6.07, 6.45) is 2.76. The predicted octanol–water partition coefficient (Wildman–Crippen LogP) is 1.37. The molecule has 1 aromatic rings. The van der Waals surface area contributed by atoms with Crippen LogP contribution in [-0.4, -0.2) is 35.8 Å². The van der Waals surface area contributed by atoms with Crippen molar-refractivity contribution in [3.05, 3.63) is 35.4 Å². The summed E-state index contributed by atoms with van der Waals surface area (Å²) in [5.74, 6) is -0.194. The minimum Gasteiger partial charge on any atom is -0.369 e. The Morgan fingerprint density at radius 1 is 1.35 bits per heavy atom. The zero-order valence-electron chi connectivity index (χ0n) is 15.9. The number of likely N-dealkylation sites (tertiary alicyclic amines) is 1. The summed E-state index contributed by atoms with van der Waals surface area (Å²) in [5.41, 5.74) is 13.6. The largest absolute Gasteiger partial charge is 0.369 e. The molecule has 1 heterocycles. The van der Waals surface area contributed by atoms with Crippen molar-refractivity contribution in [2.45, 2.75) is 52.2 Å². The Balaban J connectivity index is 1.89. The summed E-state index contributed by atoms with van der Waals surface area (Å²) >= 11 is 0. The number of carbonyl (C=O) groups is 2. The first-order valence-electron chi connectivity index (χ1n) is 9.53. The minimum absolute atomic E-state index is 0.0479. The number of nitrogens with one attached hydrogen (secondary N) is 1. The third-order valence-electron chi connectivity index (χ3n) is 5.33. The molecule has 6 heteroatoms. The molecule has 1 aromatic carbocycles. The Bertz CT molecular complexity index is 620. The maximum absolute atomic E-state index is 12.1. The second kappa shape index (κ2) is 9.69. The Hall–Kier alpha value is -1.92. The Morgan fingerprint density at radius 3 is 2.77 bits per heavy atom. The molecule has 6 nitrogen and oxygen atoms in total. The van der Waals surface area contributed by atoms with Gasteiger partial charge in [0.25, 0.3) is 0 Å². The molecule has 0 aliphatic carbocycles. The standard InChI is InChI=1S/C20H32N4O2/c1-3-14(2)18(21)20(26)23-11-15-6-4-7-16(10-15)12-24-9-5-8-17(13-24)19(22)25/h4,6-7,10,14,17-18H,3,5,8-9,11-13,21H2,1-2H3,(H2,22,25)(H,23,26). The molecule has 2 rings (SSSR count). The second-order valence-corrected chi connectivity index (χ2v) is 7.43. The molecule has 0 bridgehead atoms. The van der Waals surface area contributed by atoms with Crippen molar-refractivity contribution >= 4 is 11.8 Å². The van der Waals surface area contributed by atoms with E-state index in [2.05, 4.69) is 22.3 Å². The summed E-state index contributed by atoms with van der Waals surface area (Å²) in [5, 5.41) is 2.93. The van der Waals surface area contributed by atoms with Gasteiger partial charge in [-0.1, -0.05) is 44.5 Å². The van der Waals surface area contributed by atoms with E-state index in [9.17, 15) is 9.59 Å². The number of rotatable bonds is 8. The molecule has 0 aromatic heterocycles. The van der Waals surface area contributed by atoms with Gasteiger partial charge in [0.1, 0.15) is 0 Å². The maximum atomic E-state index is 12.1. The van der Waals surface area contributed by atoms with Crippen molar-refractivity contribution < 1.29 is 9.59 Å². The lowest BCUT2D eigenvalue weighted by Gasteiger charge is -2.31. The molecule has 1 aliphatic rings. The first-order chi connectivity index (χ1) is 12.4. The molecular weight excluding hydrogens is 328 g/mol. The van der Waals surface area contributed by atoms with Crippen LogP contribution in [0.4, 0.5) is 0 Å². The second-order valence-electron chi connectivity index (χ2n) is 7.43. The predicted molar refractivity (Wildman–Crippen MR) is 103 cm³/mol. The SMILES string of the molecule is CCC(C)C(N)C(=O)NCc1cccc(CN2CCCC(C(N)=O)C2)c1. The van der Waals surface area contributed by atoms with Crippen LogP contribution in [0.2, 0.25) is 0 Å². The van der Waals surface area contributed by atoms with Gasteiger partial charge in [-0.05, 0) is 36.4 Å². The monoisotopic (exact) mass is 360 g/mol. The van der Waals surface area contributed by atoms with Crippen LogP contribution in [0.3, 0.4) is 0 Å². The topological polar surface area (TPSA) is 101 Å². The van der Waals surface area contributed by atoms with Gasteiger partial charge >= 0.3 is 0 Å². The molecule has 1 fully saturated rings. The van der Waals surface area contributed by atoms with E-state index >= 15 is 0 Å². The summed E-state index contributed by atoms with van der Waals surface area (Å²) in [6.45, 7) is 6.99. The Kier molecular flexibility index (Phi) is 7.60. The maximum Gasteiger partial charge on any atom is 0.237 e. The smallest absolute Gasteiger partial charge is 0.237 e. The molecule has 0 spiro atoms. The molecular formula is C20H32N4O2. The van der Waals surface area contributed by atoms with Crippen LogP contribution >= 0.6 is 0 Å². The number of piperidine rings is 1. The van der Waals surface area contributed by atoms with Gasteiger partial charge in [-0.3, -0.25) is 14.5 Å². The molecule has 3 atom stereocenters. The third-order valence-corrected chi connectivity index (χ3v) is 5.33. The highest BCUT2D eigenvalue weighted by atomic mass is 16.2. The van der Waals surface area contributed by atoms with E-state index < -0.39 is 6.04 Å². The first-order valence-corrected chi connectivity index (χ1v) is 9.53. The third kappa shape index (κ3) is 5.81. The highest BCUT2D eigenvalue weighted by molar-refractivity contribution is 5.81. The fourth-order valence-corrected chi connectivity index (χ4v) is 3.35. The molecule has 144 valence electrons. The van der Waals surface area contributed by atoms with Gasteiger partial charge in [0.2, 0.25) is 11.8 Å². The Labute approximate surface area is 156 Å². The quantitative estimate of drug-likeness (QED) is 0.652. The van der Waals surface area contributed by atoms with Crippen LogP contribution in [-0.2, 0) is 22.7 Å². The normalized spacial score (nSPS) is 20.3. The first kappa shape index (κ1) is 20.4. The number of carbonyl (C=O) groups excluding carboxylic acids is 2. The number of benzene rings is 1. The van der Waals surface area contributed by atoms with E-state index in [0.717, 1.165) is 44.5 Å². The summed E-state index contributed by atoms with van der Waals surface area (Å²) in [4.78, 5) is 25.8. The Morgan fingerprint density at radius 2 is 2.08 bits per heavy atom. The molecule has 2 amide bonds. The number of nitrogens with two attached hydrogens (primary N) is 2. The van der Waals surface area contributed by atoms with Gasteiger partial charge in [0.15, 0.2) is 0 Å².